The van der Waals surface area contributed by atoms with Gasteiger partial charge in [-0.3, -0.25) is 0 Å². The van der Waals surface area contributed by atoms with Crippen molar-refractivity contribution in [3.63, 3.8) is 0 Å². The molecule has 1 aromatic carbocycles. The summed E-state index contributed by atoms with van der Waals surface area (Å²) in [4.78, 5) is 16.5. The van der Waals surface area contributed by atoms with Gasteiger partial charge >= 0.3 is 5.97 Å². The SMILES string of the molecule is O=C(O)c1cc(NCc2sccc2Br)c2ccccc2n1. The summed E-state index contributed by atoms with van der Waals surface area (Å²) in [6, 6.07) is 11.1. The van der Waals surface area contributed by atoms with Crippen molar-refractivity contribution in [3.05, 3.63) is 56.8 Å². The molecule has 0 bridgehead atoms. The number of nitrogens with zero attached hydrogens (tertiary/aromatic N) is 1. The number of fused-ring (bicyclic) bond motifs is 1. The maximum atomic E-state index is 11.2. The Hall–Kier alpha value is -1.92. The molecule has 0 aliphatic rings. The Balaban J connectivity index is 1.99. The summed E-state index contributed by atoms with van der Waals surface area (Å²) in [5, 5.41) is 15.4. The normalized spacial score (nSPS) is 10.7. The smallest absolute Gasteiger partial charge is 0.354 e. The number of hydrogen-bond acceptors (Lipinski definition) is 4. The number of benzene rings is 1. The van der Waals surface area contributed by atoms with E-state index in [0.29, 0.717) is 12.1 Å². The van der Waals surface area contributed by atoms with Crippen LogP contribution in [-0.2, 0) is 6.54 Å². The number of carboxylic acid groups (broad SMARTS) is 1. The highest BCUT2D eigenvalue weighted by Gasteiger charge is 2.11. The maximum Gasteiger partial charge on any atom is 0.354 e. The third kappa shape index (κ3) is 2.91. The summed E-state index contributed by atoms with van der Waals surface area (Å²) in [7, 11) is 0. The Kier molecular flexibility index (Phi) is 3.90. The summed E-state index contributed by atoms with van der Waals surface area (Å²) in [5.74, 6) is -1.03. The molecule has 6 heteroatoms. The first-order valence-electron chi connectivity index (χ1n) is 6.24. The van der Waals surface area contributed by atoms with E-state index in [9.17, 15) is 4.79 Å². The first kappa shape index (κ1) is 14.0. The first-order chi connectivity index (χ1) is 10.1. The number of para-hydroxylation sites is 1. The van der Waals surface area contributed by atoms with Gasteiger partial charge in [-0.05, 0) is 39.5 Å². The zero-order chi connectivity index (χ0) is 14.8. The van der Waals surface area contributed by atoms with E-state index in [1.165, 1.54) is 0 Å². The van der Waals surface area contributed by atoms with Crippen LogP contribution in [-0.4, -0.2) is 16.1 Å². The molecule has 0 unspecified atom stereocenters. The Morgan fingerprint density at radius 2 is 2.14 bits per heavy atom. The van der Waals surface area contributed by atoms with Gasteiger partial charge in [-0.2, -0.15) is 0 Å². The molecule has 0 aliphatic heterocycles. The van der Waals surface area contributed by atoms with Crippen LogP contribution >= 0.6 is 27.3 Å². The number of thiophene rings is 1. The van der Waals surface area contributed by atoms with Crippen molar-refractivity contribution in [2.75, 3.05) is 5.32 Å². The van der Waals surface area contributed by atoms with Crippen molar-refractivity contribution < 1.29 is 9.90 Å². The van der Waals surface area contributed by atoms with Crippen LogP contribution in [0, 0.1) is 0 Å². The van der Waals surface area contributed by atoms with Crippen LogP contribution in [0.4, 0.5) is 5.69 Å². The van der Waals surface area contributed by atoms with E-state index in [0.717, 1.165) is 20.4 Å². The van der Waals surface area contributed by atoms with Crippen LogP contribution < -0.4 is 5.32 Å². The molecule has 0 radical (unpaired) electrons. The van der Waals surface area contributed by atoms with Gasteiger partial charge in [0.25, 0.3) is 0 Å². The standard InChI is InChI=1S/C15H11BrN2O2S/c16-10-5-6-21-14(10)8-17-12-7-13(15(19)20)18-11-4-2-1-3-9(11)12/h1-7H,8H2,(H,17,18)(H,19,20). The second-order valence-electron chi connectivity index (χ2n) is 4.42. The summed E-state index contributed by atoms with van der Waals surface area (Å²) in [6.07, 6.45) is 0. The molecule has 0 saturated heterocycles. The summed E-state index contributed by atoms with van der Waals surface area (Å²) in [5.41, 5.74) is 1.49. The van der Waals surface area contributed by atoms with Crippen molar-refractivity contribution in [3.8, 4) is 0 Å². The second kappa shape index (κ2) is 5.83. The second-order valence-corrected chi connectivity index (χ2v) is 6.28. The molecule has 2 aromatic heterocycles. The zero-order valence-electron chi connectivity index (χ0n) is 10.8. The monoisotopic (exact) mass is 362 g/mol. The van der Waals surface area contributed by atoms with E-state index in [4.69, 9.17) is 5.11 Å². The van der Waals surface area contributed by atoms with Gasteiger partial charge in [0.2, 0.25) is 0 Å². The third-order valence-electron chi connectivity index (χ3n) is 3.07. The van der Waals surface area contributed by atoms with Crippen LogP contribution in [0.3, 0.4) is 0 Å². The maximum absolute atomic E-state index is 11.2. The molecular formula is C15H11BrN2O2S. The molecule has 0 amide bonds. The number of carboxylic acids is 1. The molecular weight excluding hydrogens is 352 g/mol. The van der Waals surface area contributed by atoms with Crippen molar-refractivity contribution in [1.29, 1.82) is 0 Å². The van der Waals surface area contributed by atoms with Gasteiger partial charge in [0, 0.05) is 20.4 Å². The lowest BCUT2D eigenvalue weighted by Crippen LogP contribution is -2.05. The summed E-state index contributed by atoms with van der Waals surface area (Å²) < 4.78 is 1.05. The average Bonchev–Trinajstić information content (AvgIpc) is 2.89. The summed E-state index contributed by atoms with van der Waals surface area (Å²) in [6.45, 7) is 0.630. The molecule has 0 spiro atoms. The van der Waals surface area contributed by atoms with Gasteiger partial charge in [0.15, 0.2) is 5.69 Å². The molecule has 2 heterocycles. The highest BCUT2D eigenvalue weighted by molar-refractivity contribution is 9.10. The number of hydrogen-bond donors (Lipinski definition) is 2. The number of rotatable bonds is 4. The molecule has 2 N–H and O–H groups in total. The minimum absolute atomic E-state index is 0.0430. The molecule has 0 saturated carbocycles. The van der Waals surface area contributed by atoms with Crippen molar-refractivity contribution in [2.45, 2.75) is 6.54 Å². The molecule has 0 aliphatic carbocycles. The third-order valence-corrected chi connectivity index (χ3v) is 4.99. The van der Waals surface area contributed by atoms with Gasteiger partial charge in [-0.1, -0.05) is 18.2 Å². The lowest BCUT2D eigenvalue weighted by Gasteiger charge is -2.10. The van der Waals surface area contributed by atoms with Crippen LogP contribution in [0.15, 0.2) is 46.3 Å². The lowest BCUT2D eigenvalue weighted by atomic mass is 10.1. The van der Waals surface area contributed by atoms with E-state index >= 15 is 0 Å². The topological polar surface area (TPSA) is 62.2 Å². The molecule has 0 fully saturated rings. The van der Waals surface area contributed by atoms with Gasteiger partial charge in [0.05, 0.1) is 12.1 Å². The number of carbonyl (C=O) groups is 1. The van der Waals surface area contributed by atoms with E-state index in [1.807, 2.05) is 35.7 Å². The van der Waals surface area contributed by atoms with E-state index in [2.05, 4.69) is 26.2 Å². The minimum atomic E-state index is -1.03. The minimum Gasteiger partial charge on any atom is -0.477 e. The fraction of sp³-hybridized carbons (Fsp3) is 0.0667. The zero-order valence-corrected chi connectivity index (χ0v) is 13.2. The van der Waals surface area contributed by atoms with Gasteiger partial charge in [0.1, 0.15) is 0 Å². The van der Waals surface area contributed by atoms with Crippen LogP contribution in [0.5, 0.6) is 0 Å². The van der Waals surface area contributed by atoms with Crippen LogP contribution in [0.25, 0.3) is 10.9 Å². The Morgan fingerprint density at radius 3 is 2.86 bits per heavy atom. The van der Waals surface area contributed by atoms with E-state index in [1.54, 1.807) is 17.4 Å². The number of aromatic nitrogens is 1. The fourth-order valence-electron chi connectivity index (χ4n) is 2.06. The Bertz CT molecular complexity index is 816. The number of aromatic carboxylic acids is 1. The molecule has 4 nitrogen and oxygen atoms in total. The lowest BCUT2D eigenvalue weighted by molar-refractivity contribution is 0.0691. The number of anilines is 1. The fourth-order valence-corrected chi connectivity index (χ4v) is 3.49. The van der Waals surface area contributed by atoms with Crippen molar-refractivity contribution in [2.24, 2.45) is 0 Å². The van der Waals surface area contributed by atoms with Crippen LogP contribution in [0.2, 0.25) is 0 Å². The average molecular weight is 363 g/mol. The van der Waals surface area contributed by atoms with Crippen molar-refractivity contribution >= 4 is 49.8 Å². The Labute approximate surface area is 133 Å². The highest BCUT2D eigenvalue weighted by Crippen LogP contribution is 2.27. The molecule has 21 heavy (non-hydrogen) atoms. The van der Waals surface area contributed by atoms with E-state index in [-0.39, 0.29) is 5.69 Å². The molecule has 3 aromatic rings. The molecule has 3 rings (SSSR count). The van der Waals surface area contributed by atoms with E-state index < -0.39 is 5.97 Å². The number of nitrogens with one attached hydrogen (secondary N) is 1. The largest absolute Gasteiger partial charge is 0.477 e. The van der Waals surface area contributed by atoms with Gasteiger partial charge in [-0.25, -0.2) is 9.78 Å². The van der Waals surface area contributed by atoms with Gasteiger partial charge < -0.3 is 10.4 Å². The molecule has 0 atom stereocenters. The highest BCUT2D eigenvalue weighted by atomic mass is 79.9. The number of halogens is 1. The predicted molar refractivity (Wildman–Crippen MR) is 88.0 cm³/mol. The molecule has 106 valence electrons. The summed E-state index contributed by atoms with van der Waals surface area (Å²) >= 11 is 5.13. The van der Waals surface area contributed by atoms with Crippen molar-refractivity contribution in [1.82, 2.24) is 4.98 Å². The number of pyridine rings is 1. The first-order valence-corrected chi connectivity index (χ1v) is 7.91. The predicted octanol–water partition coefficient (Wildman–Crippen LogP) is 4.37. The van der Waals surface area contributed by atoms with Gasteiger partial charge in [-0.15, -0.1) is 11.3 Å². The Morgan fingerprint density at radius 1 is 1.33 bits per heavy atom. The van der Waals surface area contributed by atoms with Crippen LogP contribution in [0.1, 0.15) is 15.4 Å². The quantitative estimate of drug-likeness (QED) is 0.723.